The number of carbonyl (C=O) groups is 1. The van der Waals surface area contributed by atoms with E-state index in [2.05, 4.69) is 17.0 Å². The van der Waals surface area contributed by atoms with Crippen molar-refractivity contribution in [1.29, 1.82) is 0 Å². The lowest BCUT2D eigenvalue weighted by Crippen LogP contribution is -2.51. The van der Waals surface area contributed by atoms with Crippen LogP contribution in [0.5, 0.6) is 0 Å². The molecule has 132 valence electrons. The maximum absolute atomic E-state index is 13.0. The number of nitrogens with zero attached hydrogens (tertiary/aromatic N) is 2. The molecule has 25 heavy (non-hydrogen) atoms. The summed E-state index contributed by atoms with van der Waals surface area (Å²) in [5, 5.41) is 10.2. The van der Waals surface area contributed by atoms with Crippen LogP contribution in [0.3, 0.4) is 0 Å². The Balaban J connectivity index is 1.79. The number of carbonyl (C=O) groups excluding carboxylic acids is 1. The van der Waals surface area contributed by atoms with Crippen LogP contribution >= 0.6 is 0 Å². The van der Waals surface area contributed by atoms with E-state index in [0.717, 1.165) is 5.69 Å². The first-order valence-corrected chi connectivity index (χ1v) is 8.81. The molecule has 1 amide bonds. The van der Waals surface area contributed by atoms with Gasteiger partial charge in [-0.25, -0.2) is 0 Å². The number of aliphatic hydroxyl groups is 1. The molecular formula is C21H26N2O2. The highest BCUT2D eigenvalue weighted by Gasteiger charge is 2.42. The van der Waals surface area contributed by atoms with Gasteiger partial charge in [-0.3, -0.25) is 4.79 Å². The Labute approximate surface area is 149 Å². The minimum atomic E-state index is -0.508. The van der Waals surface area contributed by atoms with Crippen molar-refractivity contribution in [3.05, 3.63) is 66.2 Å². The van der Waals surface area contributed by atoms with Crippen molar-refractivity contribution in [3.8, 4) is 0 Å². The molecule has 0 unspecified atom stereocenters. The van der Waals surface area contributed by atoms with E-state index in [9.17, 15) is 9.90 Å². The van der Waals surface area contributed by atoms with E-state index in [4.69, 9.17) is 0 Å². The van der Waals surface area contributed by atoms with Gasteiger partial charge in [0.1, 0.15) is 0 Å². The molecule has 3 rings (SSSR count). The number of para-hydroxylation sites is 1. The van der Waals surface area contributed by atoms with Crippen LogP contribution in [0.25, 0.3) is 0 Å². The lowest BCUT2D eigenvalue weighted by atomic mass is 9.99. The SMILES string of the molecule is CC1(C)[C@@H](O)CCN1C(=O)CN(Cc1ccccc1)c1ccccc1. The molecule has 2 aromatic carbocycles. The van der Waals surface area contributed by atoms with Gasteiger partial charge in [0, 0.05) is 18.8 Å². The van der Waals surface area contributed by atoms with Crippen molar-refractivity contribution < 1.29 is 9.90 Å². The molecule has 0 spiro atoms. The lowest BCUT2D eigenvalue weighted by molar-refractivity contribution is -0.134. The van der Waals surface area contributed by atoms with Crippen LogP contribution in [0.4, 0.5) is 5.69 Å². The number of likely N-dealkylation sites (tertiary alicyclic amines) is 1. The molecule has 0 aromatic heterocycles. The van der Waals surface area contributed by atoms with Crippen molar-refractivity contribution in [1.82, 2.24) is 4.90 Å². The van der Waals surface area contributed by atoms with Crippen LogP contribution in [0.1, 0.15) is 25.8 Å². The summed E-state index contributed by atoms with van der Waals surface area (Å²) in [6.07, 6.45) is 0.179. The van der Waals surface area contributed by atoms with Crippen LogP contribution in [0, 0.1) is 0 Å². The average Bonchev–Trinajstić information content (AvgIpc) is 2.89. The van der Waals surface area contributed by atoms with E-state index in [1.807, 2.05) is 67.3 Å². The molecule has 2 aromatic rings. The van der Waals surface area contributed by atoms with Gasteiger partial charge >= 0.3 is 0 Å². The van der Waals surface area contributed by atoms with Crippen molar-refractivity contribution in [2.24, 2.45) is 0 Å². The second-order valence-corrected chi connectivity index (χ2v) is 7.18. The standard InChI is InChI=1S/C21H26N2O2/c1-21(2)19(24)13-14-23(21)20(25)16-22(18-11-7-4-8-12-18)15-17-9-5-3-6-10-17/h3-12,19,24H,13-16H2,1-2H3/t19-/m0/s1. The largest absolute Gasteiger partial charge is 0.391 e. The zero-order valence-electron chi connectivity index (χ0n) is 14.9. The molecule has 4 nitrogen and oxygen atoms in total. The zero-order chi connectivity index (χ0) is 17.9. The summed E-state index contributed by atoms with van der Waals surface area (Å²) >= 11 is 0. The number of anilines is 1. The third-order valence-electron chi connectivity index (χ3n) is 5.10. The molecule has 0 aliphatic carbocycles. The second-order valence-electron chi connectivity index (χ2n) is 7.18. The van der Waals surface area contributed by atoms with Gasteiger partial charge in [0.25, 0.3) is 0 Å². The molecule has 0 radical (unpaired) electrons. The molecule has 1 saturated heterocycles. The highest BCUT2D eigenvalue weighted by Crippen LogP contribution is 2.29. The van der Waals surface area contributed by atoms with E-state index < -0.39 is 11.6 Å². The number of benzene rings is 2. The zero-order valence-corrected chi connectivity index (χ0v) is 14.9. The molecule has 0 bridgehead atoms. The van der Waals surface area contributed by atoms with Gasteiger partial charge in [0.2, 0.25) is 5.91 Å². The highest BCUT2D eigenvalue weighted by atomic mass is 16.3. The fourth-order valence-electron chi connectivity index (χ4n) is 3.45. The summed E-state index contributed by atoms with van der Waals surface area (Å²) in [5.74, 6) is 0.0568. The Kier molecular flexibility index (Phi) is 5.09. The molecule has 1 atom stereocenters. The van der Waals surface area contributed by atoms with E-state index in [1.165, 1.54) is 5.56 Å². The predicted octanol–water partition coefficient (Wildman–Crippen LogP) is 3.07. The number of amides is 1. The Hall–Kier alpha value is -2.33. The third kappa shape index (κ3) is 3.85. The maximum atomic E-state index is 13.0. The number of aliphatic hydroxyl groups excluding tert-OH is 1. The molecule has 1 fully saturated rings. The Morgan fingerprint density at radius 2 is 1.72 bits per heavy atom. The van der Waals surface area contributed by atoms with E-state index in [1.54, 1.807) is 0 Å². The average molecular weight is 338 g/mol. The van der Waals surface area contributed by atoms with E-state index in [0.29, 0.717) is 26.1 Å². The van der Waals surface area contributed by atoms with E-state index >= 15 is 0 Å². The van der Waals surface area contributed by atoms with Gasteiger partial charge in [-0.2, -0.15) is 0 Å². The van der Waals surface area contributed by atoms with Gasteiger partial charge in [0.15, 0.2) is 0 Å². The van der Waals surface area contributed by atoms with Gasteiger partial charge in [-0.05, 0) is 38.0 Å². The summed E-state index contributed by atoms with van der Waals surface area (Å²) in [4.78, 5) is 16.9. The van der Waals surface area contributed by atoms with Gasteiger partial charge in [-0.1, -0.05) is 48.5 Å². The van der Waals surface area contributed by atoms with Gasteiger partial charge in [-0.15, -0.1) is 0 Å². The Bertz CT molecular complexity index is 700. The minimum Gasteiger partial charge on any atom is -0.391 e. The van der Waals surface area contributed by atoms with Crippen LogP contribution in [0.15, 0.2) is 60.7 Å². The molecule has 1 N–H and O–H groups in total. The fraction of sp³-hybridized carbons (Fsp3) is 0.381. The second kappa shape index (κ2) is 7.28. The van der Waals surface area contributed by atoms with Crippen LogP contribution in [-0.4, -0.2) is 40.6 Å². The fourth-order valence-corrected chi connectivity index (χ4v) is 3.45. The molecule has 1 heterocycles. The Morgan fingerprint density at radius 1 is 1.12 bits per heavy atom. The predicted molar refractivity (Wildman–Crippen MR) is 100 cm³/mol. The van der Waals surface area contributed by atoms with Crippen LogP contribution in [-0.2, 0) is 11.3 Å². The molecule has 0 saturated carbocycles. The van der Waals surface area contributed by atoms with Crippen molar-refractivity contribution in [2.45, 2.75) is 38.5 Å². The first kappa shape index (κ1) is 17.5. The van der Waals surface area contributed by atoms with Crippen molar-refractivity contribution in [2.75, 3.05) is 18.0 Å². The number of hydrogen-bond donors (Lipinski definition) is 1. The number of rotatable bonds is 5. The molecule has 1 aliphatic heterocycles. The van der Waals surface area contributed by atoms with Crippen LogP contribution in [0.2, 0.25) is 0 Å². The normalized spacial score (nSPS) is 19.0. The maximum Gasteiger partial charge on any atom is 0.242 e. The highest BCUT2D eigenvalue weighted by molar-refractivity contribution is 5.82. The van der Waals surface area contributed by atoms with Gasteiger partial charge < -0.3 is 14.9 Å². The lowest BCUT2D eigenvalue weighted by Gasteiger charge is -2.36. The quantitative estimate of drug-likeness (QED) is 0.911. The van der Waals surface area contributed by atoms with Gasteiger partial charge in [0.05, 0.1) is 18.2 Å². The first-order chi connectivity index (χ1) is 12.0. The molecule has 4 heteroatoms. The first-order valence-electron chi connectivity index (χ1n) is 8.81. The van der Waals surface area contributed by atoms with Crippen molar-refractivity contribution >= 4 is 11.6 Å². The summed E-state index contributed by atoms with van der Waals surface area (Å²) in [6, 6.07) is 20.2. The molecular weight excluding hydrogens is 312 g/mol. The summed E-state index contributed by atoms with van der Waals surface area (Å²) in [7, 11) is 0. The molecule has 1 aliphatic rings. The van der Waals surface area contributed by atoms with Crippen molar-refractivity contribution in [3.63, 3.8) is 0 Å². The van der Waals surface area contributed by atoms with E-state index in [-0.39, 0.29) is 5.91 Å². The summed E-state index contributed by atoms with van der Waals surface area (Å²) in [6.45, 7) is 5.46. The topological polar surface area (TPSA) is 43.8 Å². The number of hydrogen-bond acceptors (Lipinski definition) is 3. The summed E-state index contributed by atoms with van der Waals surface area (Å²) in [5.41, 5.74) is 1.68. The minimum absolute atomic E-state index is 0.0568. The van der Waals surface area contributed by atoms with Crippen LogP contribution < -0.4 is 4.90 Å². The summed E-state index contributed by atoms with van der Waals surface area (Å²) < 4.78 is 0. The monoisotopic (exact) mass is 338 g/mol. The third-order valence-corrected chi connectivity index (χ3v) is 5.10. The Morgan fingerprint density at radius 3 is 2.28 bits per heavy atom. The smallest absolute Gasteiger partial charge is 0.242 e.